The predicted octanol–water partition coefficient (Wildman–Crippen LogP) is 3.23. The van der Waals surface area contributed by atoms with Crippen LogP contribution in [0.3, 0.4) is 0 Å². The SMILES string of the molecule is Cc1ncccc1C(=O)N1CCC(Cc2ccc(CN3CCN(C)CC3)cc2)CC1. The lowest BCUT2D eigenvalue weighted by Crippen LogP contribution is -2.43. The van der Waals surface area contributed by atoms with Crippen molar-refractivity contribution in [3.8, 4) is 0 Å². The second-order valence-electron chi connectivity index (χ2n) is 8.97. The summed E-state index contributed by atoms with van der Waals surface area (Å²) in [4.78, 5) is 24.0. The lowest BCUT2D eigenvalue weighted by Gasteiger charge is -2.33. The van der Waals surface area contributed by atoms with Crippen LogP contribution in [0.15, 0.2) is 42.6 Å². The molecule has 0 atom stereocenters. The van der Waals surface area contributed by atoms with E-state index in [2.05, 4.69) is 46.1 Å². The highest BCUT2D eigenvalue weighted by Gasteiger charge is 2.24. The molecule has 160 valence electrons. The van der Waals surface area contributed by atoms with Crippen molar-refractivity contribution in [2.75, 3.05) is 46.3 Å². The van der Waals surface area contributed by atoms with E-state index in [9.17, 15) is 4.79 Å². The second-order valence-corrected chi connectivity index (χ2v) is 8.97. The highest BCUT2D eigenvalue weighted by molar-refractivity contribution is 5.95. The molecule has 2 aliphatic heterocycles. The van der Waals surface area contributed by atoms with Gasteiger partial charge in [-0.05, 0) is 62.4 Å². The number of likely N-dealkylation sites (tertiary alicyclic amines) is 1. The molecule has 1 aromatic heterocycles. The number of benzene rings is 1. The van der Waals surface area contributed by atoms with Gasteiger partial charge in [0.15, 0.2) is 0 Å². The molecule has 2 saturated heterocycles. The maximum Gasteiger partial charge on any atom is 0.255 e. The van der Waals surface area contributed by atoms with E-state index in [1.807, 2.05) is 24.0 Å². The third kappa shape index (κ3) is 5.27. The van der Waals surface area contributed by atoms with E-state index < -0.39 is 0 Å². The Kier molecular flexibility index (Phi) is 6.80. The Morgan fingerprint density at radius 2 is 1.63 bits per heavy atom. The van der Waals surface area contributed by atoms with Crippen molar-refractivity contribution < 1.29 is 4.79 Å². The van der Waals surface area contributed by atoms with Crippen LogP contribution in [0.4, 0.5) is 0 Å². The van der Waals surface area contributed by atoms with E-state index in [0.717, 1.165) is 63.2 Å². The summed E-state index contributed by atoms with van der Waals surface area (Å²) >= 11 is 0. The first-order valence-corrected chi connectivity index (χ1v) is 11.3. The number of carbonyl (C=O) groups is 1. The van der Waals surface area contributed by atoms with Gasteiger partial charge >= 0.3 is 0 Å². The smallest absolute Gasteiger partial charge is 0.255 e. The summed E-state index contributed by atoms with van der Waals surface area (Å²) in [5.41, 5.74) is 4.40. The molecule has 2 fully saturated rings. The van der Waals surface area contributed by atoms with Gasteiger partial charge in [-0.3, -0.25) is 14.7 Å². The van der Waals surface area contributed by atoms with Crippen molar-refractivity contribution in [2.24, 2.45) is 5.92 Å². The summed E-state index contributed by atoms with van der Waals surface area (Å²) in [6.45, 7) is 9.32. The minimum absolute atomic E-state index is 0.132. The van der Waals surface area contributed by atoms with Crippen molar-refractivity contribution in [3.63, 3.8) is 0 Å². The number of piperidine rings is 1. The van der Waals surface area contributed by atoms with Gasteiger partial charge < -0.3 is 9.80 Å². The normalized spacial score (nSPS) is 19.2. The molecule has 4 rings (SSSR count). The summed E-state index contributed by atoms with van der Waals surface area (Å²) in [6, 6.07) is 13.0. The Balaban J connectivity index is 1.25. The number of aryl methyl sites for hydroxylation is 1. The molecule has 0 radical (unpaired) electrons. The zero-order valence-corrected chi connectivity index (χ0v) is 18.4. The van der Waals surface area contributed by atoms with Crippen molar-refractivity contribution in [1.29, 1.82) is 0 Å². The van der Waals surface area contributed by atoms with Crippen LogP contribution in [0.25, 0.3) is 0 Å². The second kappa shape index (κ2) is 9.71. The molecule has 3 heterocycles. The van der Waals surface area contributed by atoms with Crippen LogP contribution in [-0.4, -0.2) is 71.9 Å². The molecule has 0 spiro atoms. The van der Waals surface area contributed by atoms with Gasteiger partial charge in [0.05, 0.1) is 5.56 Å². The van der Waals surface area contributed by atoms with Gasteiger partial charge in [0.1, 0.15) is 0 Å². The van der Waals surface area contributed by atoms with Gasteiger partial charge in [0, 0.05) is 57.7 Å². The van der Waals surface area contributed by atoms with Gasteiger partial charge in [-0.15, -0.1) is 0 Å². The van der Waals surface area contributed by atoms with Crippen LogP contribution in [0, 0.1) is 12.8 Å². The average molecular weight is 407 g/mol. The molecular weight excluding hydrogens is 372 g/mol. The molecule has 1 aromatic carbocycles. The largest absolute Gasteiger partial charge is 0.339 e. The fourth-order valence-electron chi connectivity index (χ4n) is 4.60. The quantitative estimate of drug-likeness (QED) is 0.764. The molecular formula is C25H34N4O. The summed E-state index contributed by atoms with van der Waals surface area (Å²) in [5, 5.41) is 0. The fourth-order valence-corrected chi connectivity index (χ4v) is 4.60. The number of likely N-dealkylation sites (N-methyl/N-ethyl adjacent to an activating group) is 1. The summed E-state index contributed by atoms with van der Waals surface area (Å²) in [7, 11) is 2.20. The van der Waals surface area contributed by atoms with E-state index in [4.69, 9.17) is 0 Å². The number of hydrogen-bond acceptors (Lipinski definition) is 4. The molecule has 2 aliphatic rings. The maximum atomic E-state index is 12.8. The highest BCUT2D eigenvalue weighted by atomic mass is 16.2. The van der Waals surface area contributed by atoms with Crippen molar-refractivity contribution in [1.82, 2.24) is 19.7 Å². The molecule has 2 aromatic rings. The van der Waals surface area contributed by atoms with Gasteiger partial charge in [0.2, 0.25) is 0 Å². The first kappa shape index (κ1) is 21.0. The molecule has 0 unspecified atom stereocenters. The third-order valence-electron chi connectivity index (χ3n) is 6.69. The molecule has 0 aliphatic carbocycles. The Bertz CT molecular complexity index is 834. The molecule has 30 heavy (non-hydrogen) atoms. The summed E-state index contributed by atoms with van der Waals surface area (Å²) in [5.74, 6) is 0.792. The van der Waals surface area contributed by atoms with Crippen molar-refractivity contribution in [3.05, 3.63) is 65.0 Å². The number of nitrogens with zero attached hydrogens (tertiary/aromatic N) is 4. The van der Waals surface area contributed by atoms with Gasteiger partial charge in [-0.1, -0.05) is 24.3 Å². The topological polar surface area (TPSA) is 39.7 Å². The summed E-state index contributed by atoms with van der Waals surface area (Å²) in [6.07, 6.45) is 5.01. The van der Waals surface area contributed by atoms with E-state index in [0.29, 0.717) is 5.92 Å². The molecule has 5 nitrogen and oxygen atoms in total. The number of hydrogen-bond donors (Lipinski definition) is 0. The predicted molar refractivity (Wildman–Crippen MR) is 121 cm³/mol. The summed E-state index contributed by atoms with van der Waals surface area (Å²) < 4.78 is 0. The number of amides is 1. The number of rotatable bonds is 5. The van der Waals surface area contributed by atoms with Crippen LogP contribution in [0.5, 0.6) is 0 Å². The van der Waals surface area contributed by atoms with Crippen molar-refractivity contribution >= 4 is 5.91 Å². The van der Waals surface area contributed by atoms with E-state index in [1.54, 1.807) is 6.20 Å². The molecule has 0 bridgehead atoms. The molecule has 0 N–H and O–H groups in total. The zero-order chi connectivity index (χ0) is 20.9. The lowest BCUT2D eigenvalue weighted by molar-refractivity contribution is 0.0689. The number of aromatic nitrogens is 1. The average Bonchev–Trinajstić information content (AvgIpc) is 2.77. The van der Waals surface area contributed by atoms with Gasteiger partial charge in [0.25, 0.3) is 5.91 Å². The minimum Gasteiger partial charge on any atom is -0.339 e. The number of piperazine rings is 1. The monoisotopic (exact) mass is 406 g/mol. The number of pyridine rings is 1. The Hall–Kier alpha value is -2.24. The van der Waals surface area contributed by atoms with E-state index >= 15 is 0 Å². The van der Waals surface area contributed by atoms with Gasteiger partial charge in [-0.25, -0.2) is 0 Å². The Morgan fingerprint density at radius 1 is 0.967 bits per heavy atom. The van der Waals surface area contributed by atoms with Crippen LogP contribution in [-0.2, 0) is 13.0 Å². The zero-order valence-electron chi connectivity index (χ0n) is 18.4. The third-order valence-corrected chi connectivity index (χ3v) is 6.69. The van der Waals surface area contributed by atoms with E-state index in [-0.39, 0.29) is 5.91 Å². The molecule has 5 heteroatoms. The Morgan fingerprint density at radius 3 is 2.30 bits per heavy atom. The van der Waals surface area contributed by atoms with Crippen LogP contribution < -0.4 is 0 Å². The van der Waals surface area contributed by atoms with Crippen molar-refractivity contribution in [2.45, 2.75) is 32.7 Å². The maximum absolute atomic E-state index is 12.8. The van der Waals surface area contributed by atoms with Crippen LogP contribution in [0.1, 0.15) is 40.0 Å². The first-order valence-electron chi connectivity index (χ1n) is 11.3. The Labute approximate surface area is 180 Å². The first-order chi connectivity index (χ1) is 14.6. The lowest BCUT2D eigenvalue weighted by atomic mass is 9.89. The van der Waals surface area contributed by atoms with Crippen LogP contribution in [0.2, 0.25) is 0 Å². The standard InChI is InChI=1S/C25H34N4O/c1-20-24(4-3-11-26-20)25(30)29-12-9-22(10-13-29)18-21-5-7-23(8-6-21)19-28-16-14-27(2)15-17-28/h3-8,11,22H,9-10,12-19H2,1-2H3. The minimum atomic E-state index is 0.132. The van der Waals surface area contributed by atoms with Gasteiger partial charge in [-0.2, -0.15) is 0 Å². The highest BCUT2D eigenvalue weighted by Crippen LogP contribution is 2.24. The van der Waals surface area contributed by atoms with Crippen LogP contribution >= 0.6 is 0 Å². The van der Waals surface area contributed by atoms with E-state index in [1.165, 1.54) is 24.2 Å². The molecule has 1 amide bonds. The molecule has 0 saturated carbocycles. The number of carbonyl (C=O) groups excluding carboxylic acids is 1. The fraction of sp³-hybridized carbons (Fsp3) is 0.520.